The van der Waals surface area contributed by atoms with Crippen molar-refractivity contribution < 1.29 is 4.74 Å². The molecule has 0 aromatic heterocycles. The van der Waals surface area contributed by atoms with Crippen LogP contribution in [0.3, 0.4) is 0 Å². The first-order valence-electron chi connectivity index (χ1n) is 7.77. The molecule has 0 radical (unpaired) electrons. The molecule has 1 saturated heterocycles. The molecule has 108 valence electrons. The molecule has 0 amide bonds. The van der Waals surface area contributed by atoms with Crippen molar-refractivity contribution in [2.75, 3.05) is 13.2 Å². The van der Waals surface area contributed by atoms with E-state index in [1.807, 2.05) is 0 Å². The van der Waals surface area contributed by atoms with Crippen LogP contribution in [0.1, 0.15) is 60.8 Å². The summed E-state index contributed by atoms with van der Waals surface area (Å²) in [5.74, 6) is 1.51. The second kappa shape index (κ2) is 7.49. The lowest BCUT2D eigenvalue weighted by Gasteiger charge is -2.43. The fourth-order valence-corrected chi connectivity index (χ4v) is 2.95. The maximum Gasteiger partial charge on any atom is 0.0604 e. The number of rotatable bonds is 6. The fraction of sp³-hybridized carbons (Fsp3) is 1.00. The van der Waals surface area contributed by atoms with E-state index in [1.165, 1.54) is 25.8 Å². The Morgan fingerprint density at radius 2 is 1.56 bits per heavy atom. The summed E-state index contributed by atoms with van der Waals surface area (Å²) in [4.78, 5) is 2.66. The molecular weight excluding hydrogens is 222 g/mol. The van der Waals surface area contributed by atoms with Crippen molar-refractivity contribution in [1.29, 1.82) is 0 Å². The molecule has 1 aliphatic heterocycles. The molecule has 1 rings (SSSR count). The van der Waals surface area contributed by atoms with Gasteiger partial charge in [-0.1, -0.05) is 27.7 Å². The number of hydrogen-bond acceptors (Lipinski definition) is 2. The average Bonchev–Trinajstić information content (AvgIpc) is 2.22. The molecule has 0 aromatic rings. The van der Waals surface area contributed by atoms with Gasteiger partial charge in [0, 0.05) is 25.2 Å². The Morgan fingerprint density at radius 3 is 2.00 bits per heavy atom. The Balaban J connectivity index is 2.36. The second-order valence-electron chi connectivity index (χ2n) is 6.94. The summed E-state index contributed by atoms with van der Waals surface area (Å²) in [7, 11) is 0. The summed E-state index contributed by atoms with van der Waals surface area (Å²) in [6, 6.07) is 1.33. The quantitative estimate of drug-likeness (QED) is 0.712. The van der Waals surface area contributed by atoms with Crippen molar-refractivity contribution in [2.24, 2.45) is 11.8 Å². The van der Waals surface area contributed by atoms with Gasteiger partial charge in [0.2, 0.25) is 0 Å². The lowest BCUT2D eigenvalue weighted by atomic mass is 9.93. The smallest absolute Gasteiger partial charge is 0.0604 e. The van der Waals surface area contributed by atoms with Gasteiger partial charge in [0.25, 0.3) is 0 Å². The minimum absolute atomic E-state index is 0.483. The van der Waals surface area contributed by atoms with Gasteiger partial charge >= 0.3 is 0 Å². The molecule has 2 unspecified atom stereocenters. The van der Waals surface area contributed by atoms with Gasteiger partial charge in [-0.15, -0.1) is 0 Å². The van der Waals surface area contributed by atoms with E-state index in [9.17, 15) is 0 Å². The predicted octanol–water partition coefficient (Wildman–Crippen LogP) is 3.95. The first-order valence-corrected chi connectivity index (χ1v) is 7.77. The molecule has 2 nitrogen and oxygen atoms in total. The van der Waals surface area contributed by atoms with Crippen molar-refractivity contribution in [3.05, 3.63) is 0 Å². The van der Waals surface area contributed by atoms with E-state index in [1.54, 1.807) is 0 Å². The monoisotopic (exact) mass is 255 g/mol. The van der Waals surface area contributed by atoms with Crippen LogP contribution in [0.2, 0.25) is 0 Å². The van der Waals surface area contributed by atoms with E-state index in [0.717, 1.165) is 18.4 Å². The Kier molecular flexibility index (Phi) is 6.65. The zero-order valence-corrected chi connectivity index (χ0v) is 13.3. The van der Waals surface area contributed by atoms with Gasteiger partial charge in [-0.25, -0.2) is 0 Å². The molecule has 18 heavy (non-hydrogen) atoms. The maximum absolute atomic E-state index is 6.06. The Morgan fingerprint density at radius 1 is 1.00 bits per heavy atom. The number of nitrogens with zero attached hydrogens (tertiary/aromatic N) is 1. The van der Waals surface area contributed by atoms with E-state index >= 15 is 0 Å². The number of ether oxygens (including phenoxy) is 1. The standard InChI is InChI=1S/C16H33NO/c1-12(2)7-8-18-16-9-14(5)17(11-13(3)4)15(6)10-16/h12-16H,7-11H2,1-6H3/t14-,15?,16?/m0/s1. The lowest BCUT2D eigenvalue weighted by molar-refractivity contribution is -0.0394. The zero-order chi connectivity index (χ0) is 13.7. The van der Waals surface area contributed by atoms with Gasteiger partial charge in [0.1, 0.15) is 0 Å². The minimum Gasteiger partial charge on any atom is -0.378 e. The third kappa shape index (κ3) is 5.27. The highest BCUT2D eigenvalue weighted by atomic mass is 16.5. The first kappa shape index (κ1) is 16.0. The van der Waals surface area contributed by atoms with Gasteiger partial charge in [-0.05, 0) is 44.9 Å². The van der Waals surface area contributed by atoms with Crippen molar-refractivity contribution in [1.82, 2.24) is 4.90 Å². The first-order chi connectivity index (χ1) is 8.40. The summed E-state index contributed by atoms with van der Waals surface area (Å²) in [6.07, 6.45) is 4.08. The molecule has 0 spiro atoms. The molecule has 2 heteroatoms. The second-order valence-corrected chi connectivity index (χ2v) is 6.94. The van der Waals surface area contributed by atoms with Crippen LogP contribution in [0.25, 0.3) is 0 Å². The fourth-order valence-electron chi connectivity index (χ4n) is 2.95. The Hall–Kier alpha value is -0.0800. The van der Waals surface area contributed by atoms with Crippen LogP contribution in [0.4, 0.5) is 0 Å². The van der Waals surface area contributed by atoms with Gasteiger partial charge in [-0.3, -0.25) is 4.90 Å². The van der Waals surface area contributed by atoms with Gasteiger partial charge in [-0.2, -0.15) is 0 Å². The van der Waals surface area contributed by atoms with Crippen LogP contribution >= 0.6 is 0 Å². The summed E-state index contributed by atoms with van der Waals surface area (Å²) >= 11 is 0. The zero-order valence-electron chi connectivity index (χ0n) is 13.3. The molecule has 0 N–H and O–H groups in total. The molecule has 0 saturated carbocycles. The van der Waals surface area contributed by atoms with Crippen LogP contribution in [0, 0.1) is 11.8 Å². The maximum atomic E-state index is 6.06. The minimum atomic E-state index is 0.483. The molecule has 1 heterocycles. The van der Waals surface area contributed by atoms with Crippen molar-refractivity contribution in [3.63, 3.8) is 0 Å². The van der Waals surface area contributed by atoms with E-state index < -0.39 is 0 Å². The van der Waals surface area contributed by atoms with E-state index in [4.69, 9.17) is 4.74 Å². The Bertz CT molecular complexity index is 215. The van der Waals surface area contributed by atoms with Gasteiger partial charge in [0.05, 0.1) is 6.10 Å². The highest BCUT2D eigenvalue weighted by Crippen LogP contribution is 2.26. The summed E-state index contributed by atoms with van der Waals surface area (Å²) < 4.78 is 6.06. The van der Waals surface area contributed by atoms with Crippen LogP contribution < -0.4 is 0 Å². The summed E-state index contributed by atoms with van der Waals surface area (Å²) in [6.45, 7) is 16.0. The number of likely N-dealkylation sites (tertiary alicyclic amines) is 1. The largest absolute Gasteiger partial charge is 0.378 e. The van der Waals surface area contributed by atoms with Crippen molar-refractivity contribution >= 4 is 0 Å². The lowest BCUT2D eigenvalue weighted by Crippen LogP contribution is -2.50. The molecule has 3 atom stereocenters. The highest BCUT2D eigenvalue weighted by molar-refractivity contribution is 4.85. The molecule has 0 bridgehead atoms. The van der Waals surface area contributed by atoms with E-state index in [-0.39, 0.29) is 0 Å². The van der Waals surface area contributed by atoms with Crippen LogP contribution in [0.5, 0.6) is 0 Å². The van der Waals surface area contributed by atoms with Crippen molar-refractivity contribution in [3.8, 4) is 0 Å². The number of piperidine rings is 1. The normalized spacial score (nSPS) is 30.3. The molecule has 0 aromatic carbocycles. The van der Waals surface area contributed by atoms with E-state index in [0.29, 0.717) is 18.2 Å². The van der Waals surface area contributed by atoms with Crippen LogP contribution in [0.15, 0.2) is 0 Å². The Labute approximate surface area is 114 Å². The SMILES string of the molecule is CC(C)CCOC1CC(C)N(CC(C)C)[C@@H](C)C1. The molecular formula is C16H33NO. The van der Waals surface area contributed by atoms with Gasteiger partial charge < -0.3 is 4.74 Å². The predicted molar refractivity (Wildman–Crippen MR) is 78.9 cm³/mol. The summed E-state index contributed by atoms with van der Waals surface area (Å²) in [5.41, 5.74) is 0. The highest BCUT2D eigenvalue weighted by Gasteiger charge is 2.31. The third-order valence-electron chi connectivity index (χ3n) is 3.97. The molecule has 1 aliphatic rings. The van der Waals surface area contributed by atoms with Gasteiger partial charge in [0.15, 0.2) is 0 Å². The molecule has 1 fully saturated rings. The summed E-state index contributed by atoms with van der Waals surface area (Å²) in [5, 5.41) is 0. The number of hydrogen-bond donors (Lipinski definition) is 0. The topological polar surface area (TPSA) is 12.5 Å². The molecule has 0 aliphatic carbocycles. The van der Waals surface area contributed by atoms with Crippen molar-refractivity contribution in [2.45, 2.75) is 79.0 Å². The van der Waals surface area contributed by atoms with E-state index in [2.05, 4.69) is 46.4 Å². The average molecular weight is 255 g/mol. The third-order valence-corrected chi connectivity index (χ3v) is 3.97. The van der Waals surface area contributed by atoms with Crippen LogP contribution in [-0.2, 0) is 4.74 Å². The van der Waals surface area contributed by atoms with Crippen LogP contribution in [-0.4, -0.2) is 36.2 Å².